The highest BCUT2D eigenvalue weighted by atomic mass is 32.2. The van der Waals surface area contributed by atoms with Crippen LogP contribution in [0.5, 0.6) is 0 Å². The van der Waals surface area contributed by atoms with Crippen molar-refractivity contribution in [3.05, 3.63) is 16.3 Å². The summed E-state index contributed by atoms with van der Waals surface area (Å²) in [6.07, 6.45) is 0. The van der Waals surface area contributed by atoms with Gasteiger partial charge >= 0.3 is 5.97 Å². The maximum atomic E-state index is 12.0. The third-order valence-electron chi connectivity index (χ3n) is 1.73. The van der Waals surface area contributed by atoms with Gasteiger partial charge in [-0.1, -0.05) is 0 Å². The van der Waals surface area contributed by atoms with Crippen LogP contribution in [0.15, 0.2) is 16.3 Å². The molecule has 0 saturated heterocycles. The second-order valence-electron chi connectivity index (χ2n) is 4.46. The van der Waals surface area contributed by atoms with E-state index in [1.165, 1.54) is 13.2 Å². The Kier molecular flexibility index (Phi) is 3.95. The lowest BCUT2D eigenvalue weighted by molar-refractivity contribution is 0.0602. The van der Waals surface area contributed by atoms with Gasteiger partial charge in [0.25, 0.3) is 0 Å². The lowest BCUT2D eigenvalue weighted by atomic mass is 10.1. The van der Waals surface area contributed by atoms with Crippen LogP contribution in [0.2, 0.25) is 0 Å². The lowest BCUT2D eigenvalue weighted by Gasteiger charge is -2.20. The van der Waals surface area contributed by atoms with Crippen molar-refractivity contribution >= 4 is 27.3 Å². The Hall–Kier alpha value is -0.920. The van der Waals surface area contributed by atoms with Crippen LogP contribution in [0, 0.1) is 0 Å². The largest absolute Gasteiger partial charge is 0.465 e. The van der Waals surface area contributed by atoms with E-state index < -0.39 is 21.5 Å². The summed E-state index contributed by atoms with van der Waals surface area (Å²) in [5.41, 5.74) is -0.603. The molecule has 17 heavy (non-hydrogen) atoms. The second kappa shape index (κ2) is 4.75. The number of rotatable bonds is 3. The molecule has 0 aromatic carbocycles. The minimum absolute atomic E-state index is 0.0377. The van der Waals surface area contributed by atoms with E-state index in [9.17, 15) is 13.2 Å². The summed E-state index contributed by atoms with van der Waals surface area (Å²) in [5.74, 6) is -0.644. The van der Waals surface area contributed by atoms with Gasteiger partial charge in [-0.3, -0.25) is 0 Å². The molecule has 7 heteroatoms. The van der Waals surface area contributed by atoms with E-state index >= 15 is 0 Å². The Bertz CT molecular complexity index is 511. The fourth-order valence-electron chi connectivity index (χ4n) is 1.21. The van der Waals surface area contributed by atoms with Gasteiger partial charge in [-0.05, 0) is 32.2 Å². The molecule has 0 spiro atoms. The molecular formula is C10H15NO4S2. The number of nitrogens with one attached hydrogen (secondary N) is 1. The van der Waals surface area contributed by atoms with Gasteiger partial charge in [-0.15, -0.1) is 11.3 Å². The Balaban J connectivity index is 3.17. The van der Waals surface area contributed by atoms with Crippen molar-refractivity contribution < 1.29 is 17.9 Å². The first-order chi connectivity index (χ1) is 7.67. The summed E-state index contributed by atoms with van der Waals surface area (Å²) in [4.78, 5) is 11.5. The third kappa shape index (κ3) is 3.52. The van der Waals surface area contributed by atoms with Gasteiger partial charge in [0.2, 0.25) is 10.0 Å². The molecule has 0 radical (unpaired) electrons. The molecule has 0 aliphatic rings. The summed E-state index contributed by atoms with van der Waals surface area (Å²) in [7, 11) is -2.48. The van der Waals surface area contributed by atoms with Crippen LogP contribution in [0.3, 0.4) is 0 Å². The standard InChI is InChI=1S/C10H15NO4S2/c1-10(2,3)11-17(13,14)7-5-6-16-8(7)9(12)15-4/h5-6,11H,1-4H3. The molecule has 1 aromatic heterocycles. The fraction of sp³-hybridized carbons (Fsp3) is 0.500. The van der Waals surface area contributed by atoms with Gasteiger partial charge in [-0.25, -0.2) is 17.9 Å². The highest BCUT2D eigenvalue weighted by Crippen LogP contribution is 2.23. The van der Waals surface area contributed by atoms with Gasteiger partial charge < -0.3 is 4.74 Å². The van der Waals surface area contributed by atoms with Crippen LogP contribution in [-0.2, 0) is 14.8 Å². The van der Waals surface area contributed by atoms with Gasteiger partial charge in [-0.2, -0.15) is 0 Å². The van der Waals surface area contributed by atoms with Crippen LogP contribution >= 0.6 is 11.3 Å². The van der Waals surface area contributed by atoms with E-state index in [1.54, 1.807) is 26.2 Å². The van der Waals surface area contributed by atoms with Crippen LogP contribution in [-0.4, -0.2) is 27.0 Å². The predicted octanol–water partition coefficient (Wildman–Crippen LogP) is 1.61. The molecule has 5 nitrogen and oxygen atoms in total. The van der Waals surface area contributed by atoms with E-state index in [0.29, 0.717) is 0 Å². The van der Waals surface area contributed by atoms with E-state index in [1.807, 2.05) is 0 Å². The van der Waals surface area contributed by atoms with Crippen molar-refractivity contribution in [1.82, 2.24) is 4.72 Å². The Labute approximate surface area is 105 Å². The Morgan fingerprint density at radius 2 is 2.00 bits per heavy atom. The fourth-order valence-corrected chi connectivity index (χ4v) is 3.96. The second-order valence-corrected chi connectivity index (χ2v) is 7.03. The molecule has 1 heterocycles. The molecule has 0 amide bonds. The molecule has 0 aliphatic heterocycles. The topological polar surface area (TPSA) is 72.5 Å². The number of sulfonamides is 1. The van der Waals surface area contributed by atoms with E-state index in [0.717, 1.165) is 11.3 Å². The first-order valence-electron chi connectivity index (χ1n) is 4.87. The highest BCUT2D eigenvalue weighted by molar-refractivity contribution is 7.89. The van der Waals surface area contributed by atoms with Crippen LogP contribution in [0.25, 0.3) is 0 Å². The van der Waals surface area contributed by atoms with Crippen LogP contribution in [0.4, 0.5) is 0 Å². The smallest absolute Gasteiger partial charge is 0.349 e. The maximum Gasteiger partial charge on any atom is 0.349 e. The van der Waals surface area contributed by atoms with Crippen molar-refractivity contribution in [2.75, 3.05) is 7.11 Å². The quantitative estimate of drug-likeness (QED) is 0.852. The number of carbonyl (C=O) groups is 1. The molecule has 0 saturated carbocycles. The highest BCUT2D eigenvalue weighted by Gasteiger charge is 2.28. The molecule has 0 aliphatic carbocycles. The number of hydrogen-bond donors (Lipinski definition) is 1. The first kappa shape index (κ1) is 14.1. The van der Waals surface area contributed by atoms with Crippen molar-refractivity contribution in [2.24, 2.45) is 0 Å². The van der Waals surface area contributed by atoms with Gasteiger partial charge in [0.1, 0.15) is 9.77 Å². The minimum Gasteiger partial charge on any atom is -0.465 e. The number of hydrogen-bond acceptors (Lipinski definition) is 5. The number of ether oxygens (including phenoxy) is 1. The van der Waals surface area contributed by atoms with Crippen LogP contribution < -0.4 is 4.72 Å². The number of methoxy groups -OCH3 is 1. The molecule has 1 N–H and O–H groups in total. The van der Waals surface area contributed by atoms with Crippen molar-refractivity contribution in [3.8, 4) is 0 Å². The molecule has 96 valence electrons. The molecule has 1 rings (SSSR count). The zero-order valence-electron chi connectivity index (χ0n) is 10.1. The van der Waals surface area contributed by atoms with Gasteiger partial charge in [0.05, 0.1) is 7.11 Å². The van der Waals surface area contributed by atoms with Gasteiger partial charge in [0, 0.05) is 5.54 Å². The van der Waals surface area contributed by atoms with Crippen molar-refractivity contribution in [3.63, 3.8) is 0 Å². The van der Waals surface area contributed by atoms with Gasteiger partial charge in [0.15, 0.2) is 0 Å². The van der Waals surface area contributed by atoms with Crippen molar-refractivity contribution in [1.29, 1.82) is 0 Å². The van der Waals surface area contributed by atoms with E-state index in [-0.39, 0.29) is 9.77 Å². The van der Waals surface area contributed by atoms with E-state index in [4.69, 9.17) is 0 Å². The number of esters is 1. The Morgan fingerprint density at radius 3 is 2.47 bits per heavy atom. The lowest BCUT2D eigenvalue weighted by Crippen LogP contribution is -2.40. The first-order valence-corrected chi connectivity index (χ1v) is 7.23. The normalized spacial score (nSPS) is 12.5. The summed E-state index contributed by atoms with van der Waals surface area (Å²) in [6, 6.07) is 1.39. The number of carbonyl (C=O) groups excluding carboxylic acids is 1. The zero-order valence-corrected chi connectivity index (χ0v) is 11.7. The average molecular weight is 277 g/mol. The molecule has 0 unspecified atom stereocenters. The monoisotopic (exact) mass is 277 g/mol. The van der Waals surface area contributed by atoms with Crippen molar-refractivity contribution in [2.45, 2.75) is 31.2 Å². The molecule has 0 atom stereocenters. The van der Waals surface area contributed by atoms with Crippen LogP contribution in [0.1, 0.15) is 30.4 Å². The number of thiophene rings is 1. The molecule has 1 aromatic rings. The van der Waals surface area contributed by atoms with E-state index in [2.05, 4.69) is 9.46 Å². The Morgan fingerprint density at radius 1 is 1.41 bits per heavy atom. The zero-order chi connectivity index (χ0) is 13.3. The molecular weight excluding hydrogens is 262 g/mol. The summed E-state index contributed by atoms with van der Waals surface area (Å²) < 4.78 is 31.1. The molecule has 0 fully saturated rings. The SMILES string of the molecule is COC(=O)c1sccc1S(=O)(=O)NC(C)(C)C. The summed E-state index contributed by atoms with van der Waals surface area (Å²) >= 11 is 1.04. The average Bonchev–Trinajstić information content (AvgIpc) is 2.61. The predicted molar refractivity (Wildman–Crippen MR) is 65.7 cm³/mol. The maximum absolute atomic E-state index is 12.0. The molecule has 0 bridgehead atoms. The third-order valence-corrected chi connectivity index (χ3v) is 4.55. The minimum atomic E-state index is -3.70. The summed E-state index contributed by atoms with van der Waals surface area (Å²) in [6.45, 7) is 5.19. The summed E-state index contributed by atoms with van der Waals surface area (Å²) in [5, 5.41) is 1.55.